The van der Waals surface area contributed by atoms with Gasteiger partial charge < -0.3 is 19.5 Å². The Morgan fingerprint density at radius 1 is 1.21 bits per heavy atom. The molecule has 1 fully saturated rings. The third kappa shape index (κ3) is 5.87. The smallest absolute Gasteiger partial charge is 0.227 e. The maximum atomic E-state index is 12.9. The monoisotopic (exact) mass is 417 g/mol. The molecule has 1 heterocycles. The standard InChI is InChI=1S/C23H28ClNO4/c1-17-7-8-21(28-2)18(13-17)14-22(26)25-11-4-9-23(27,10-12-25)16-29-20-6-3-5-19(24)15-20/h3,5-8,13,15,27H,4,9-12,14,16H2,1-2H3. The molecule has 29 heavy (non-hydrogen) atoms. The van der Waals surface area contributed by atoms with Crippen LogP contribution in [-0.2, 0) is 11.2 Å². The van der Waals surface area contributed by atoms with Gasteiger partial charge in [-0.25, -0.2) is 0 Å². The van der Waals surface area contributed by atoms with E-state index in [4.69, 9.17) is 21.1 Å². The summed E-state index contributed by atoms with van der Waals surface area (Å²) in [6.45, 7) is 3.31. The zero-order valence-corrected chi connectivity index (χ0v) is 17.7. The van der Waals surface area contributed by atoms with Gasteiger partial charge in [-0.2, -0.15) is 0 Å². The number of carbonyl (C=O) groups excluding carboxylic acids is 1. The summed E-state index contributed by atoms with van der Waals surface area (Å²) in [7, 11) is 1.62. The van der Waals surface area contributed by atoms with Crippen LogP contribution in [0.2, 0.25) is 5.02 Å². The number of hydrogen-bond donors (Lipinski definition) is 1. The van der Waals surface area contributed by atoms with Crippen LogP contribution in [0.3, 0.4) is 0 Å². The van der Waals surface area contributed by atoms with E-state index in [2.05, 4.69) is 0 Å². The van der Waals surface area contributed by atoms with Gasteiger partial charge in [-0.15, -0.1) is 0 Å². The lowest BCUT2D eigenvalue weighted by atomic mass is 9.96. The Morgan fingerprint density at radius 3 is 2.79 bits per heavy atom. The lowest BCUT2D eigenvalue weighted by Crippen LogP contribution is -2.38. The number of halogens is 1. The van der Waals surface area contributed by atoms with Crippen LogP contribution in [0.15, 0.2) is 42.5 Å². The van der Waals surface area contributed by atoms with Crippen molar-refractivity contribution in [1.82, 2.24) is 4.90 Å². The fraction of sp³-hybridized carbons (Fsp3) is 0.435. The minimum absolute atomic E-state index is 0.0499. The topological polar surface area (TPSA) is 59.0 Å². The predicted octanol–water partition coefficient (Wildman–Crippen LogP) is 4.02. The van der Waals surface area contributed by atoms with Crippen LogP contribution in [0.25, 0.3) is 0 Å². The molecule has 1 saturated heterocycles. The highest BCUT2D eigenvalue weighted by atomic mass is 35.5. The summed E-state index contributed by atoms with van der Waals surface area (Å²) >= 11 is 5.98. The van der Waals surface area contributed by atoms with E-state index < -0.39 is 5.60 Å². The highest BCUT2D eigenvalue weighted by molar-refractivity contribution is 6.30. The van der Waals surface area contributed by atoms with Crippen molar-refractivity contribution in [2.45, 2.75) is 38.2 Å². The molecule has 1 N–H and O–H groups in total. The maximum Gasteiger partial charge on any atom is 0.227 e. The molecule has 156 valence electrons. The fourth-order valence-corrected chi connectivity index (χ4v) is 3.85. The maximum absolute atomic E-state index is 12.9. The van der Waals surface area contributed by atoms with Crippen LogP contribution in [0.1, 0.15) is 30.4 Å². The number of aryl methyl sites for hydroxylation is 1. The van der Waals surface area contributed by atoms with Crippen molar-refractivity contribution < 1.29 is 19.4 Å². The Morgan fingerprint density at radius 2 is 2.03 bits per heavy atom. The van der Waals surface area contributed by atoms with Crippen molar-refractivity contribution in [3.63, 3.8) is 0 Å². The van der Waals surface area contributed by atoms with Crippen molar-refractivity contribution >= 4 is 17.5 Å². The normalized spacial score (nSPS) is 19.5. The van der Waals surface area contributed by atoms with E-state index in [-0.39, 0.29) is 12.5 Å². The molecular weight excluding hydrogens is 390 g/mol. The summed E-state index contributed by atoms with van der Waals surface area (Å²) in [5, 5.41) is 11.6. The van der Waals surface area contributed by atoms with Crippen molar-refractivity contribution in [3.8, 4) is 11.5 Å². The Hall–Kier alpha value is -2.24. The zero-order valence-electron chi connectivity index (χ0n) is 17.0. The Kier molecular flexibility index (Phi) is 7.04. The molecule has 1 amide bonds. The summed E-state index contributed by atoms with van der Waals surface area (Å²) in [6, 6.07) is 13.0. The largest absolute Gasteiger partial charge is 0.496 e. The van der Waals surface area contributed by atoms with Gasteiger partial charge in [0.2, 0.25) is 5.91 Å². The molecule has 0 aliphatic carbocycles. The molecular formula is C23H28ClNO4. The highest BCUT2D eigenvalue weighted by Gasteiger charge is 2.32. The summed E-state index contributed by atoms with van der Waals surface area (Å²) in [6.07, 6.45) is 2.09. The van der Waals surface area contributed by atoms with Gasteiger partial charge in [0.1, 0.15) is 23.7 Å². The number of nitrogens with zero attached hydrogens (tertiary/aromatic N) is 1. The van der Waals surface area contributed by atoms with Gasteiger partial charge in [0, 0.05) is 23.7 Å². The highest BCUT2D eigenvalue weighted by Crippen LogP contribution is 2.26. The predicted molar refractivity (Wildman–Crippen MR) is 114 cm³/mol. The number of carbonyl (C=O) groups is 1. The molecule has 1 aliphatic heterocycles. The van der Waals surface area contributed by atoms with Gasteiger partial charge in [0.25, 0.3) is 0 Å². The number of methoxy groups -OCH3 is 1. The Balaban J connectivity index is 1.58. The SMILES string of the molecule is COc1ccc(C)cc1CC(=O)N1CCCC(O)(COc2cccc(Cl)c2)CC1. The lowest BCUT2D eigenvalue weighted by Gasteiger charge is -2.27. The molecule has 0 saturated carbocycles. The number of amides is 1. The first-order valence-corrected chi connectivity index (χ1v) is 10.3. The van der Waals surface area contributed by atoms with Crippen molar-refractivity contribution in [1.29, 1.82) is 0 Å². The van der Waals surface area contributed by atoms with E-state index >= 15 is 0 Å². The molecule has 0 aromatic heterocycles. The van der Waals surface area contributed by atoms with Gasteiger partial charge in [-0.1, -0.05) is 35.4 Å². The van der Waals surface area contributed by atoms with Gasteiger partial charge in [0.15, 0.2) is 0 Å². The van der Waals surface area contributed by atoms with Gasteiger partial charge in [0.05, 0.1) is 13.5 Å². The number of likely N-dealkylation sites (tertiary alicyclic amines) is 1. The molecule has 0 bridgehead atoms. The molecule has 0 radical (unpaired) electrons. The Bertz CT molecular complexity index is 857. The van der Waals surface area contributed by atoms with Gasteiger partial charge in [-0.3, -0.25) is 4.79 Å². The van der Waals surface area contributed by atoms with E-state index in [9.17, 15) is 9.90 Å². The second-order valence-corrected chi connectivity index (χ2v) is 8.13. The minimum atomic E-state index is -0.960. The second-order valence-electron chi connectivity index (χ2n) is 7.70. The van der Waals surface area contributed by atoms with Crippen molar-refractivity contribution in [2.75, 3.05) is 26.8 Å². The molecule has 1 atom stereocenters. The van der Waals surface area contributed by atoms with Crippen LogP contribution >= 0.6 is 11.6 Å². The average Bonchev–Trinajstić information content (AvgIpc) is 2.89. The summed E-state index contributed by atoms with van der Waals surface area (Å²) in [4.78, 5) is 14.7. The third-order valence-electron chi connectivity index (χ3n) is 5.35. The molecule has 1 unspecified atom stereocenters. The zero-order chi connectivity index (χ0) is 20.9. The number of benzene rings is 2. The molecule has 3 rings (SSSR count). The van der Waals surface area contributed by atoms with E-state index in [1.165, 1.54) is 0 Å². The average molecular weight is 418 g/mol. The van der Waals surface area contributed by atoms with Crippen LogP contribution in [0.4, 0.5) is 0 Å². The quantitative estimate of drug-likeness (QED) is 0.771. The summed E-state index contributed by atoms with van der Waals surface area (Å²) in [5.74, 6) is 1.41. The van der Waals surface area contributed by atoms with Crippen molar-refractivity contribution in [2.24, 2.45) is 0 Å². The summed E-state index contributed by atoms with van der Waals surface area (Å²) < 4.78 is 11.2. The first kappa shape index (κ1) is 21.5. The first-order chi connectivity index (χ1) is 13.9. The molecule has 6 heteroatoms. The summed E-state index contributed by atoms with van der Waals surface area (Å²) in [5.41, 5.74) is 1.02. The van der Waals surface area contributed by atoms with E-state index in [0.717, 1.165) is 23.3 Å². The number of rotatable bonds is 6. The fourth-order valence-electron chi connectivity index (χ4n) is 3.67. The molecule has 2 aromatic carbocycles. The van der Waals surface area contributed by atoms with Crippen LogP contribution < -0.4 is 9.47 Å². The van der Waals surface area contributed by atoms with E-state index in [1.54, 1.807) is 19.2 Å². The Labute approximate surface area is 177 Å². The number of ether oxygens (including phenoxy) is 2. The van der Waals surface area contributed by atoms with Gasteiger partial charge in [-0.05, 0) is 50.5 Å². The van der Waals surface area contributed by atoms with E-state index in [1.807, 2.05) is 42.2 Å². The van der Waals surface area contributed by atoms with E-state index in [0.29, 0.717) is 43.1 Å². The second kappa shape index (κ2) is 9.51. The number of hydrogen-bond acceptors (Lipinski definition) is 4. The van der Waals surface area contributed by atoms with Crippen LogP contribution in [0, 0.1) is 6.92 Å². The lowest BCUT2D eigenvalue weighted by molar-refractivity contribution is -0.130. The first-order valence-electron chi connectivity index (χ1n) is 9.91. The molecule has 5 nitrogen and oxygen atoms in total. The molecule has 0 spiro atoms. The van der Waals surface area contributed by atoms with Crippen molar-refractivity contribution in [3.05, 3.63) is 58.6 Å². The molecule has 2 aromatic rings. The minimum Gasteiger partial charge on any atom is -0.496 e. The molecule has 1 aliphatic rings. The number of aliphatic hydroxyl groups is 1. The van der Waals surface area contributed by atoms with Gasteiger partial charge >= 0.3 is 0 Å². The van der Waals surface area contributed by atoms with Crippen LogP contribution in [-0.4, -0.2) is 48.3 Å². The third-order valence-corrected chi connectivity index (χ3v) is 5.59. The van der Waals surface area contributed by atoms with Crippen LogP contribution in [0.5, 0.6) is 11.5 Å².